The molecule has 100 valence electrons. The van der Waals surface area contributed by atoms with Crippen molar-refractivity contribution in [2.24, 2.45) is 11.8 Å². The van der Waals surface area contributed by atoms with Gasteiger partial charge < -0.3 is 4.90 Å². The predicted molar refractivity (Wildman–Crippen MR) is 75.2 cm³/mol. The number of carbonyl (C=O) groups excluding carboxylic acids is 1. The van der Waals surface area contributed by atoms with E-state index in [1.54, 1.807) is 0 Å². The van der Waals surface area contributed by atoms with Crippen LogP contribution in [0.1, 0.15) is 45.4 Å². The van der Waals surface area contributed by atoms with E-state index in [-0.39, 0.29) is 0 Å². The van der Waals surface area contributed by atoms with Crippen molar-refractivity contribution in [3.63, 3.8) is 0 Å². The summed E-state index contributed by atoms with van der Waals surface area (Å²) in [6.07, 6.45) is 16.0. The van der Waals surface area contributed by atoms with Crippen molar-refractivity contribution in [2.45, 2.75) is 45.4 Å². The molecule has 1 saturated carbocycles. The minimum Gasteiger partial charge on any atom is -0.339 e. The van der Waals surface area contributed by atoms with Gasteiger partial charge in [-0.2, -0.15) is 0 Å². The van der Waals surface area contributed by atoms with Crippen LogP contribution in [-0.2, 0) is 4.79 Å². The van der Waals surface area contributed by atoms with Gasteiger partial charge in [0, 0.05) is 19.0 Å². The van der Waals surface area contributed by atoms with Gasteiger partial charge in [0.2, 0.25) is 5.91 Å². The third-order valence-electron chi connectivity index (χ3n) is 3.78. The molecule has 2 nitrogen and oxygen atoms in total. The van der Waals surface area contributed by atoms with Crippen molar-refractivity contribution in [2.75, 3.05) is 13.1 Å². The topological polar surface area (TPSA) is 20.3 Å². The molecule has 1 amide bonds. The molecule has 2 aliphatic carbocycles. The Morgan fingerprint density at radius 2 is 2.17 bits per heavy atom. The Bertz CT molecular complexity index is 328. The van der Waals surface area contributed by atoms with Gasteiger partial charge in [-0.05, 0) is 44.4 Å². The number of hydrogen-bond donors (Lipinski definition) is 0. The molecular formula is C16H25NO. The third kappa shape index (κ3) is 4.01. The summed E-state index contributed by atoms with van der Waals surface area (Å²) in [7, 11) is 0. The molecule has 0 heterocycles. The molecule has 0 aromatic carbocycles. The highest BCUT2D eigenvalue weighted by Crippen LogP contribution is 2.31. The van der Waals surface area contributed by atoms with E-state index >= 15 is 0 Å². The van der Waals surface area contributed by atoms with Gasteiger partial charge in [-0.15, -0.1) is 0 Å². The van der Waals surface area contributed by atoms with Crippen LogP contribution >= 0.6 is 0 Å². The van der Waals surface area contributed by atoms with Gasteiger partial charge in [-0.3, -0.25) is 4.79 Å². The van der Waals surface area contributed by atoms with Crippen LogP contribution in [0.3, 0.4) is 0 Å². The maximum atomic E-state index is 12.1. The predicted octanol–water partition coefficient (Wildman–Crippen LogP) is 3.55. The van der Waals surface area contributed by atoms with Crippen molar-refractivity contribution in [1.29, 1.82) is 0 Å². The lowest BCUT2D eigenvalue weighted by atomic mass is 9.94. The molecule has 0 N–H and O–H groups in total. The second-order valence-corrected chi connectivity index (χ2v) is 5.53. The molecule has 1 unspecified atom stereocenters. The summed E-state index contributed by atoms with van der Waals surface area (Å²) < 4.78 is 0. The first-order chi connectivity index (χ1) is 8.81. The number of hydrogen-bond acceptors (Lipinski definition) is 1. The molecule has 2 rings (SSSR count). The van der Waals surface area contributed by atoms with Crippen LogP contribution in [-0.4, -0.2) is 23.9 Å². The average Bonchev–Trinajstić information content (AvgIpc) is 3.22. The van der Waals surface area contributed by atoms with Crippen molar-refractivity contribution in [3.05, 3.63) is 24.3 Å². The highest BCUT2D eigenvalue weighted by atomic mass is 16.2. The molecule has 2 heteroatoms. The number of nitrogens with zero attached hydrogens (tertiary/aromatic N) is 1. The van der Waals surface area contributed by atoms with Gasteiger partial charge in [0.05, 0.1) is 0 Å². The van der Waals surface area contributed by atoms with Crippen molar-refractivity contribution in [3.8, 4) is 0 Å². The number of amides is 1. The minimum absolute atomic E-state index is 0.350. The molecule has 1 fully saturated rings. The van der Waals surface area contributed by atoms with Crippen LogP contribution in [0.2, 0.25) is 0 Å². The smallest absolute Gasteiger partial charge is 0.225 e. The maximum Gasteiger partial charge on any atom is 0.225 e. The first-order valence-electron chi connectivity index (χ1n) is 7.41. The Hall–Kier alpha value is -1.05. The Kier molecular flexibility index (Phi) is 5.03. The first kappa shape index (κ1) is 13.4. The average molecular weight is 247 g/mol. The highest BCUT2D eigenvalue weighted by molar-refractivity contribution is 5.81. The van der Waals surface area contributed by atoms with E-state index in [2.05, 4.69) is 31.2 Å². The van der Waals surface area contributed by atoms with Crippen LogP contribution in [0.25, 0.3) is 0 Å². The molecule has 0 aromatic rings. The fraction of sp³-hybridized carbons (Fsp3) is 0.688. The number of rotatable bonds is 6. The van der Waals surface area contributed by atoms with E-state index in [1.807, 2.05) is 4.90 Å². The quantitative estimate of drug-likeness (QED) is 0.657. The minimum atomic E-state index is 0.350. The van der Waals surface area contributed by atoms with E-state index in [0.717, 1.165) is 32.4 Å². The summed E-state index contributed by atoms with van der Waals surface area (Å²) in [6, 6.07) is 0. The molecule has 0 spiro atoms. The van der Waals surface area contributed by atoms with Crippen LogP contribution in [0.15, 0.2) is 24.3 Å². The molecule has 1 atom stereocenters. The second kappa shape index (κ2) is 6.77. The van der Waals surface area contributed by atoms with E-state index in [4.69, 9.17) is 0 Å². The summed E-state index contributed by atoms with van der Waals surface area (Å²) in [6.45, 7) is 3.86. The highest BCUT2D eigenvalue weighted by Gasteiger charge is 2.32. The SMILES string of the molecule is CCCN(CC=CC1CC=CCC1)C(=O)C1CC1. The monoisotopic (exact) mass is 247 g/mol. The molecule has 0 aliphatic heterocycles. The fourth-order valence-electron chi connectivity index (χ4n) is 2.52. The zero-order valence-electron chi connectivity index (χ0n) is 11.5. The van der Waals surface area contributed by atoms with Crippen molar-refractivity contribution in [1.82, 2.24) is 4.90 Å². The summed E-state index contributed by atoms with van der Waals surface area (Å²) in [4.78, 5) is 14.1. The summed E-state index contributed by atoms with van der Waals surface area (Å²) in [5.41, 5.74) is 0. The van der Waals surface area contributed by atoms with Crippen LogP contribution in [0.4, 0.5) is 0 Å². The molecule has 0 radical (unpaired) electrons. The Morgan fingerprint density at radius 1 is 1.33 bits per heavy atom. The summed E-state index contributed by atoms with van der Waals surface area (Å²) in [5, 5.41) is 0. The third-order valence-corrected chi connectivity index (χ3v) is 3.78. The van der Waals surface area contributed by atoms with Gasteiger partial charge in [0.1, 0.15) is 0 Å². The van der Waals surface area contributed by atoms with E-state index in [1.165, 1.54) is 19.3 Å². The summed E-state index contributed by atoms with van der Waals surface area (Å²) >= 11 is 0. The van der Waals surface area contributed by atoms with Gasteiger partial charge in [0.25, 0.3) is 0 Å². The van der Waals surface area contributed by atoms with E-state index in [9.17, 15) is 4.79 Å². The maximum absolute atomic E-state index is 12.1. The van der Waals surface area contributed by atoms with Gasteiger partial charge in [-0.1, -0.05) is 31.2 Å². The van der Waals surface area contributed by atoms with E-state index < -0.39 is 0 Å². The zero-order valence-corrected chi connectivity index (χ0v) is 11.5. The Labute approximate surface area is 111 Å². The lowest BCUT2D eigenvalue weighted by Gasteiger charge is -2.21. The zero-order chi connectivity index (χ0) is 12.8. The van der Waals surface area contributed by atoms with Gasteiger partial charge >= 0.3 is 0 Å². The Balaban J connectivity index is 1.78. The normalized spacial score (nSPS) is 23.5. The second-order valence-electron chi connectivity index (χ2n) is 5.53. The molecule has 18 heavy (non-hydrogen) atoms. The van der Waals surface area contributed by atoms with Crippen LogP contribution in [0.5, 0.6) is 0 Å². The van der Waals surface area contributed by atoms with Crippen LogP contribution < -0.4 is 0 Å². The van der Waals surface area contributed by atoms with Gasteiger partial charge in [0.15, 0.2) is 0 Å². The van der Waals surface area contributed by atoms with Crippen molar-refractivity contribution < 1.29 is 4.79 Å². The fourth-order valence-corrected chi connectivity index (χ4v) is 2.52. The number of allylic oxidation sites excluding steroid dienone is 3. The van der Waals surface area contributed by atoms with Crippen LogP contribution in [0, 0.1) is 11.8 Å². The van der Waals surface area contributed by atoms with Crippen molar-refractivity contribution >= 4 is 5.91 Å². The lowest BCUT2D eigenvalue weighted by Crippen LogP contribution is -2.33. The molecular weight excluding hydrogens is 222 g/mol. The lowest BCUT2D eigenvalue weighted by molar-refractivity contribution is -0.132. The number of carbonyl (C=O) groups is 1. The standard InChI is InChI=1S/C16H25NO/c1-2-12-17(16(18)15-10-11-15)13-6-9-14-7-4-3-5-8-14/h3-4,6,9,14-15H,2,5,7-8,10-13H2,1H3. The molecule has 2 aliphatic rings. The first-order valence-corrected chi connectivity index (χ1v) is 7.41. The summed E-state index contributed by atoms with van der Waals surface area (Å²) in [5.74, 6) is 1.42. The van der Waals surface area contributed by atoms with Gasteiger partial charge in [-0.25, -0.2) is 0 Å². The molecule has 0 aromatic heterocycles. The Morgan fingerprint density at radius 3 is 2.78 bits per heavy atom. The molecule has 0 saturated heterocycles. The largest absolute Gasteiger partial charge is 0.339 e. The molecule has 0 bridgehead atoms. The van der Waals surface area contributed by atoms with E-state index in [0.29, 0.717) is 17.7 Å².